The number of rotatable bonds is 7. The van der Waals surface area contributed by atoms with Crippen molar-refractivity contribution in [3.8, 4) is 0 Å². The molecule has 0 aliphatic rings. The molecule has 0 fully saturated rings. The number of aromatic nitrogens is 2. The molecule has 21 heavy (non-hydrogen) atoms. The lowest BCUT2D eigenvalue weighted by molar-refractivity contribution is 0.499. The summed E-state index contributed by atoms with van der Waals surface area (Å²) in [7, 11) is 1.94. The third-order valence-electron chi connectivity index (χ3n) is 3.46. The zero-order valence-electron chi connectivity index (χ0n) is 12.4. The Balaban J connectivity index is 2.09. The molecule has 0 aliphatic heterocycles. The van der Waals surface area contributed by atoms with Crippen LogP contribution in [-0.2, 0) is 13.5 Å². The molecule has 1 aromatic carbocycles. The lowest BCUT2D eigenvalue weighted by Crippen LogP contribution is -2.23. The summed E-state index contributed by atoms with van der Waals surface area (Å²) in [6.07, 6.45) is 7.01. The van der Waals surface area contributed by atoms with Gasteiger partial charge in [0.25, 0.3) is 0 Å². The standard InChI is InChI=1S/C16H21Cl2N3/c1-3-8-19-16(7-4-12-10-20-21(2)11-12)14-6-5-13(17)9-15(14)18/h5-6,9-11,16,19H,3-4,7-8H2,1-2H3. The largest absolute Gasteiger partial charge is 0.310 e. The lowest BCUT2D eigenvalue weighted by Gasteiger charge is -2.20. The maximum absolute atomic E-state index is 6.35. The van der Waals surface area contributed by atoms with Crippen LogP contribution in [0.4, 0.5) is 0 Å². The highest BCUT2D eigenvalue weighted by Gasteiger charge is 2.15. The quantitative estimate of drug-likeness (QED) is 0.817. The Bertz CT molecular complexity index is 581. The third-order valence-corrected chi connectivity index (χ3v) is 4.02. The van der Waals surface area contributed by atoms with Crippen LogP contribution in [0.1, 0.15) is 36.9 Å². The topological polar surface area (TPSA) is 29.9 Å². The van der Waals surface area contributed by atoms with Crippen LogP contribution >= 0.6 is 23.2 Å². The second-order valence-corrected chi connectivity index (χ2v) is 6.08. The highest BCUT2D eigenvalue weighted by atomic mass is 35.5. The molecule has 114 valence electrons. The van der Waals surface area contributed by atoms with Crippen molar-refractivity contribution in [1.82, 2.24) is 15.1 Å². The number of hydrogen-bond donors (Lipinski definition) is 1. The molecule has 0 spiro atoms. The van der Waals surface area contributed by atoms with Crippen LogP contribution in [-0.4, -0.2) is 16.3 Å². The van der Waals surface area contributed by atoms with E-state index in [1.54, 1.807) is 0 Å². The minimum atomic E-state index is 0.231. The van der Waals surface area contributed by atoms with E-state index >= 15 is 0 Å². The summed E-state index contributed by atoms with van der Waals surface area (Å²) < 4.78 is 1.83. The van der Waals surface area contributed by atoms with Gasteiger partial charge in [0.15, 0.2) is 0 Å². The fourth-order valence-electron chi connectivity index (χ4n) is 2.38. The van der Waals surface area contributed by atoms with E-state index in [1.807, 2.05) is 36.1 Å². The molecule has 3 nitrogen and oxygen atoms in total. The van der Waals surface area contributed by atoms with E-state index in [1.165, 1.54) is 5.56 Å². The summed E-state index contributed by atoms with van der Waals surface area (Å²) in [4.78, 5) is 0. The molecular formula is C16H21Cl2N3. The van der Waals surface area contributed by atoms with E-state index in [9.17, 15) is 0 Å². The molecule has 1 N–H and O–H groups in total. The van der Waals surface area contributed by atoms with Crippen LogP contribution in [0.5, 0.6) is 0 Å². The van der Waals surface area contributed by atoms with E-state index in [0.29, 0.717) is 5.02 Å². The second kappa shape index (κ2) is 7.83. The predicted molar refractivity (Wildman–Crippen MR) is 89.0 cm³/mol. The number of aryl methyl sites for hydroxylation is 2. The fourth-order valence-corrected chi connectivity index (χ4v) is 2.92. The minimum Gasteiger partial charge on any atom is -0.310 e. The van der Waals surface area contributed by atoms with Gasteiger partial charge in [0.1, 0.15) is 0 Å². The van der Waals surface area contributed by atoms with Crippen LogP contribution in [0, 0.1) is 0 Å². The summed E-state index contributed by atoms with van der Waals surface area (Å²) in [6.45, 7) is 3.13. The first-order valence-corrected chi connectivity index (χ1v) is 8.01. The van der Waals surface area contributed by atoms with Gasteiger partial charge in [0, 0.05) is 29.3 Å². The molecule has 2 rings (SSSR count). The van der Waals surface area contributed by atoms with Gasteiger partial charge in [-0.15, -0.1) is 0 Å². The van der Waals surface area contributed by atoms with Crippen molar-refractivity contribution in [2.75, 3.05) is 6.54 Å². The zero-order valence-corrected chi connectivity index (χ0v) is 14.0. The zero-order chi connectivity index (χ0) is 15.2. The fraction of sp³-hybridized carbons (Fsp3) is 0.438. The first kappa shape index (κ1) is 16.3. The molecule has 0 saturated carbocycles. The monoisotopic (exact) mass is 325 g/mol. The Morgan fingerprint density at radius 2 is 2.14 bits per heavy atom. The SMILES string of the molecule is CCCNC(CCc1cnn(C)c1)c1ccc(Cl)cc1Cl. The molecule has 2 aromatic rings. The second-order valence-electron chi connectivity index (χ2n) is 5.23. The van der Waals surface area contributed by atoms with Crippen LogP contribution in [0.3, 0.4) is 0 Å². The minimum absolute atomic E-state index is 0.231. The van der Waals surface area contributed by atoms with Gasteiger partial charge >= 0.3 is 0 Å². The van der Waals surface area contributed by atoms with Gasteiger partial charge in [-0.25, -0.2) is 0 Å². The van der Waals surface area contributed by atoms with Gasteiger partial charge in [-0.05, 0) is 49.1 Å². The average molecular weight is 326 g/mol. The van der Waals surface area contributed by atoms with Crippen LogP contribution in [0.2, 0.25) is 10.0 Å². The van der Waals surface area contributed by atoms with Crippen molar-refractivity contribution in [2.24, 2.45) is 7.05 Å². The number of hydrogen-bond acceptors (Lipinski definition) is 2. The smallest absolute Gasteiger partial charge is 0.0521 e. The van der Waals surface area contributed by atoms with Crippen LogP contribution in [0.15, 0.2) is 30.6 Å². The van der Waals surface area contributed by atoms with E-state index < -0.39 is 0 Å². The van der Waals surface area contributed by atoms with Crippen molar-refractivity contribution in [2.45, 2.75) is 32.2 Å². The Labute approximate surface area is 136 Å². The van der Waals surface area contributed by atoms with E-state index in [4.69, 9.17) is 23.2 Å². The summed E-state index contributed by atoms with van der Waals surface area (Å²) in [5.41, 5.74) is 2.35. The Kier molecular flexibility index (Phi) is 6.09. The summed E-state index contributed by atoms with van der Waals surface area (Å²) in [5.74, 6) is 0. The molecule has 0 saturated heterocycles. The molecule has 0 aliphatic carbocycles. The van der Waals surface area contributed by atoms with Gasteiger partial charge in [-0.3, -0.25) is 4.68 Å². The van der Waals surface area contributed by atoms with Crippen molar-refractivity contribution >= 4 is 23.2 Å². The normalized spacial score (nSPS) is 12.6. The van der Waals surface area contributed by atoms with Gasteiger partial charge in [0.05, 0.1) is 6.20 Å². The van der Waals surface area contributed by atoms with Crippen molar-refractivity contribution in [1.29, 1.82) is 0 Å². The number of benzene rings is 1. The van der Waals surface area contributed by atoms with E-state index in [0.717, 1.165) is 36.4 Å². The van der Waals surface area contributed by atoms with Gasteiger partial charge in [-0.2, -0.15) is 5.10 Å². The molecular weight excluding hydrogens is 305 g/mol. The Morgan fingerprint density at radius 3 is 2.76 bits per heavy atom. The van der Waals surface area contributed by atoms with Crippen molar-refractivity contribution in [3.05, 3.63) is 51.8 Å². The highest BCUT2D eigenvalue weighted by Crippen LogP contribution is 2.29. The van der Waals surface area contributed by atoms with Gasteiger partial charge in [-0.1, -0.05) is 36.2 Å². The molecule has 1 aromatic heterocycles. The molecule has 0 bridgehead atoms. The molecule has 1 atom stereocenters. The molecule has 1 unspecified atom stereocenters. The van der Waals surface area contributed by atoms with Gasteiger partial charge in [0.2, 0.25) is 0 Å². The first-order valence-electron chi connectivity index (χ1n) is 7.26. The van der Waals surface area contributed by atoms with E-state index in [2.05, 4.69) is 23.5 Å². The van der Waals surface area contributed by atoms with Crippen molar-refractivity contribution < 1.29 is 0 Å². The molecule has 1 heterocycles. The summed E-state index contributed by atoms with van der Waals surface area (Å²) in [5, 5.41) is 9.18. The Hall–Kier alpha value is -1.03. The predicted octanol–water partition coefficient (Wildman–Crippen LogP) is 4.40. The average Bonchev–Trinajstić information content (AvgIpc) is 2.86. The van der Waals surface area contributed by atoms with Gasteiger partial charge < -0.3 is 5.32 Å². The molecule has 0 amide bonds. The summed E-state index contributed by atoms with van der Waals surface area (Å²) in [6, 6.07) is 5.95. The van der Waals surface area contributed by atoms with Crippen molar-refractivity contribution in [3.63, 3.8) is 0 Å². The Morgan fingerprint density at radius 1 is 1.33 bits per heavy atom. The maximum Gasteiger partial charge on any atom is 0.0521 e. The number of nitrogens with one attached hydrogen (secondary N) is 1. The molecule has 0 radical (unpaired) electrons. The third kappa shape index (κ3) is 4.73. The maximum atomic E-state index is 6.35. The number of halogens is 2. The van der Waals surface area contributed by atoms with E-state index in [-0.39, 0.29) is 6.04 Å². The summed E-state index contributed by atoms with van der Waals surface area (Å²) >= 11 is 12.3. The van der Waals surface area contributed by atoms with Crippen LogP contribution in [0.25, 0.3) is 0 Å². The highest BCUT2D eigenvalue weighted by molar-refractivity contribution is 6.35. The number of nitrogens with zero attached hydrogens (tertiary/aromatic N) is 2. The lowest BCUT2D eigenvalue weighted by atomic mass is 10.00. The van der Waals surface area contributed by atoms with Crippen LogP contribution < -0.4 is 5.32 Å². The molecule has 5 heteroatoms. The first-order chi connectivity index (χ1) is 10.1.